The van der Waals surface area contributed by atoms with Crippen LogP contribution < -0.4 is 11.1 Å². The standard InChI is InChI=1S/C12H9Cl2FN2/c13-10-2-1-3-11(14)12(10)17-9-5-7(15)4-8(16)6-9/h1-6,17H,16H2. The van der Waals surface area contributed by atoms with Crippen LogP contribution in [-0.2, 0) is 0 Å². The second kappa shape index (κ2) is 4.82. The Morgan fingerprint density at radius 2 is 1.71 bits per heavy atom. The fourth-order valence-corrected chi connectivity index (χ4v) is 1.94. The van der Waals surface area contributed by atoms with Crippen molar-refractivity contribution in [1.29, 1.82) is 0 Å². The summed E-state index contributed by atoms with van der Waals surface area (Å²) in [5.74, 6) is -0.421. The first-order chi connectivity index (χ1) is 8.06. The quantitative estimate of drug-likeness (QED) is 0.791. The van der Waals surface area contributed by atoms with Crippen LogP contribution in [0, 0.1) is 5.82 Å². The van der Waals surface area contributed by atoms with Crippen LogP contribution in [0.25, 0.3) is 0 Å². The molecule has 0 saturated carbocycles. The zero-order chi connectivity index (χ0) is 12.4. The Balaban J connectivity index is 2.38. The van der Waals surface area contributed by atoms with Gasteiger partial charge in [-0.2, -0.15) is 0 Å². The van der Waals surface area contributed by atoms with Gasteiger partial charge < -0.3 is 11.1 Å². The highest BCUT2D eigenvalue weighted by atomic mass is 35.5. The average Bonchev–Trinajstić information content (AvgIpc) is 2.22. The van der Waals surface area contributed by atoms with E-state index in [-0.39, 0.29) is 0 Å². The second-order valence-electron chi connectivity index (χ2n) is 3.49. The molecule has 0 atom stereocenters. The van der Waals surface area contributed by atoms with Gasteiger partial charge >= 0.3 is 0 Å². The van der Waals surface area contributed by atoms with Crippen LogP contribution in [0.4, 0.5) is 21.5 Å². The Kier molecular flexibility index (Phi) is 3.41. The molecule has 0 heterocycles. The fourth-order valence-electron chi connectivity index (χ4n) is 1.45. The Labute approximate surface area is 108 Å². The number of anilines is 3. The number of nitrogens with two attached hydrogens (primary N) is 1. The van der Waals surface area contributed by atoms with Crippen molar-refractivity contribution in [3.8, 4) is 0 Å². The normalized spacial score (nSPS) is 10.3. The van der Waals surface area contributed by atoms with Crippen molar-refractivity contribution in [3.05, 3.63) is 52.3 Å². The summed E-state index contributed by atoms with van der Waals surface area (Å²) in [5, 5.41) is 3.86. The summed E-state index contributed by atoms with van der Waals surface area (Å²) in [6, 6.07) is 9.27. The Bertz CT molecular complexity index is 518. The molecular weight excluding hydrogens is 262 g/mol. The molecule has 0 spiro atoms. The van der Waals surface area contributed by atoms with Crippen molar-refractivity contribution in [2.75, 3.05) is 11.1 Å². The zero-order valence-corrected chi connectivity index (χ0v) is 10.2. The maximum Gasteiger partial charge on any atom is 0.127 e. The third kappa shape index (κ3) is 2.81. The molecule has 0 unspecified atom stereocenters. The maximum atomic E-state index is 13.1. The van der Waals surface area contributed by atoms with Crippen molar-refractivity contribution in [1.82, 2.24) is 0 Å². The minimum Gasteiger partial charge on any atom is -0.399 e. The van der Waals surface area contributed by atoms with Crippen LogP contribution in [0.3, 0.4) is 0 Å². The first-order valence-corrected chi connectivity index (χ1v) is 5.59. The number of hydrogen-bond donors (Lipinski definition) is 2. The Hall–Kier alpha value is -1.45. The molecule has 2 nitrogen and oxygen atoms in total. The molecule has 0 bridgehead atoms. The van der Waals surface area contributed by atoms with Crippen LogP contribution >= 0.6 is 23.2 Å². The van der Waals surface area contributed by atoms with Gasteiger partial charge in [0.2, 0.25) is 0 Å². The van der Waals surface area contributed by atoms with E-state index in [2.05, 4.69) is 5.32 Å². The molecule has 0 radical (unpaired) electrons. The average molecular weight is 271 g/mol. The van der Waals surface area contributed by atoms with Gasteiger partial charge in [0.05, 0.1) is 15.7 Å². The van der Waals surface area contributed by atoms with E-state index in [1.807, 2.05) is 0 Å². The van der Waals surface area contributed by atoms with E-state index in [1.54, 1.807) is 24.3 Å². The van der Waals surface area contributed by atoms with Crippen LogP contribution in [0.1, 0.15) is 0 Å². The summed E-state index contributed by atoms with van der Waals surface area (Å²) >= 11 is 12.0. The third-order valence-corrected chi connectivity index (χ3v) is 2.78. The van der Waals surface area contributed by atoms with Gasteiger partial charge in [-0.3, -0.25) is 0 Å². The molecule has 88 valence electrons. The third-order valence-electron chi connectivity index (χ3n) is 2.15. The number of nitrogen functional groups attached to an aromatic ring is 1. The zero-order valence-electron chi connectivity index (χ0n) is 8.68. The molecule has 0 aliphatic rings. The highest BCUT2D eigenvalue weighted by molar-refractivity contribution is 6.39. The minimum atomic E-state index is -0.421. The van der Waals surface area contributed by atoms with E-state index < -0.39 is 5.82 Å². The highest BCUT2D eigenvalue weighted by Crippen LogP contribution is 2.33. The van der Waals surface area contributed by atoms with Gasteiger partial charge in [-0.15, -0.1) is 0 Å². The topological polar surface area (TPSA) is 38.0 Å². The van der Waals surface area contributed by atoms with E-state index in [1.165, 1.54) is 12.1 Å². The predicted octanol–water partition coefficient (Wildman–Crippen LogP) is 4.46. The molecule has 0 fully saturated rings. The van der Waals surface area contributed by atoms with E-state index in [0.29, 0.717) is 27.1 Å². The van der Waals surface area contributed by atoms with Crippen LogP contribution in [0.5, 0.6) is 0 Å². The largest absolute Gasteiger partial charge is 0.399 e. The van der Waals surface area contributed by atoms with Crippen molar-refractivity contribution in [3.63, 3.8) is 0 Å². The lowest BCUT2D eigenvalue weighted by atomic mass is 10.2. The number of hydrogen-bond acceptors (Lipinski definition) is 2. The maximum absolute atomic E-state index is 13.1. The Morgan fingerprint density at radius 3 is 2.29 bits per heavy atom. The Morgan fingerprint density at radius 1 is 1.06 bits per heavy atom. The SMILES string of the molecule is Nc1cc(F)cc(Nc2c(Cl)cccc2Cl)c1. The molecule has 0 saturated heterocycles. The summed E-state index contributed by atoms with van der Waals surface area (Å²) in [4.78, 5) is 0. The van der Waals surface area contributed by atoms with Gasteiger partial charge in [-0.25, -0.2) is 4.39 Å². The summed E-state index contributed by atoms with van der Waals surface area (Å²) in [6.07, 6.45) is 0. The number of benzene rings is 2. The first kappa shape index (κ1) is 12.0. The lowest BCUT2D eigenvalue weighted by molar-refractivity contribution is 0.629. The van der Waals surface area contributed by atoms with Gasteiger partial charge in [0.1, 0.15) is 5.82 Å². The van der Waals surface area contributed by atoms with Crippen molar-refractivity contribution >= 4 is 40.3 Å². The molecular formula is C12H9Cl2FN2. The second-order valence-corrected chi connectivity index (χ2v) is 4.31. The molecule has 3 N–H and O–H groups in total. The molecule has 0 aliphatic carbocycles. The van der Waals surface area contributed by atoms with E-state index >= 15 is 0 Å². The van der Waals surface area contributed by atoms with E-state index in [4.69, 9.17) is 28.9 Å². The first-order valence-electron chi connectivity index (χ1n) is 4.83. The van der Waals surface area contributed by atoms with Crippen LogP contribution in [0.15, 0.2) is 36.4 Å². The number of nitrogens with one attached hydrogen (secondary N) is 1. The van der Waals surface area contributed by atoms with Crippen LogP contribution in [0.2, 0.25) is 10.0 Å². The monoisotopic (exact) mass is 270 g/mol. The van der Waals surface area contributed by atoms with Gasteiger partial charge in [0, 0.05) is 11.4 Å². The van der Waals surface area contributed by atoms with Gasteiger partial charge in [-0.1, -0.05) is 29.3 Å². The smallest absolute Gasteiger partial charge is 0.127 e. The number of para-hydroxylation sites is 1. The molecule has 2 aromatic rings. The number of rotatable bonds is 2. The molecule has 2 rings (SSSR count). The summed E-state index contributed by atoms with van der Waals surface area (Å²) in [6.45, 7) is 0. The lowest BCUT2D eigenvalue weighted by Gasteiger charge is -2.10. The molecule has 2 aromatic carbocycles. The van der Waals surface area contributed by atoms with Gasteiger partial charge in [0.25, 0.3) is 0 Å². The van der Waals surface area contributed by atoms with E-state index in [9.17, 15) is 4.39 Å². The summed E-state index contributed by atoms with van der Waals surface area (Å²) in [7, 11) is 0. The van der Waals surface area contributed by atoms with Crippen molar-refractivity contribution in [2.45, 2.75) is 0 Å². The van der Waals surface area contributed by atoms with Crippen molar-refractivity contribution < 1.29 is 4.39 Å². The van der Waals surface area contributed by atoms with Crippen molar-refractivity contribution in [2.24, 2.45) is 0 Å². The van der Waals surface area contributed by atoms with Crippen LogP contribution in [-0.4, -0.2) is 0 Å². The lowest BCUT2D eigenvalue weighted by Crippen LogP contribution is -1.95. The molecule has 5 heteroatoms. The summed E-state index contributed by atoms with van der Waals surface area (Å²) < 4.78 is 13.1. The highest BCUT2D eigenvalue weighted by Gasteiger charge is 2.06. The fraction of sp³-hybridized carbons (Fsp3) is 0. The molecule has 17 heavy (non-hydrogen) atoms. The molecule has 0 amide bonds. The minimum absolute atomic E-state index is 0.329. The molecule has 0 aliphatic heterocycles. The van der Waals surface area contributed by atoms with E-state index in [0.717, 1.165) is 0 Å². The predicted molar refractivity (Wildman–Crippen MR) is 70.6 cm³/mol. The van der Waals surface area contributed by atoms with Gasteiger partial charge in [0.15, 0.2) is 0 Å². The number of halogens is 3. The van der Waals surface area contributed by atoms with Gasteiger partial charge in [-0.05, 0) is 30.3 Å². The summed E-state index contributed by atoms with van der Waals surface area (Å²) in [5.41, 5.74) is 6.90. The molecule has 0 aromatic heterocycles.